The molecule has 1 atom stereocenters. The van der Waals surface area contributed by atoms with Gasteiger partial charge in [-0.2, -0.15) is 0 Å². The first-order valence-electron chi connectivity index (χ1n) is 5.37. The summed E-state index contributed by atoms with van der Waals surface area (Å²) in [5, 5.41) is 0. The quantitative estimate of drug-likeness (QED) is 0.845. The lowest BCUT2D eigenvalue weighted by Crippen LogP contribution is -2.35. The molecule has 1 unspecified atom stereocenters. The molecule has 1 aromatic heterocycles. The zero-order chi connectivity index (χ0) is 11.9. The number of aryl methyl sites for hydroxylation is 1. The van der Waals surface area contributed by atoms with E-state index in [1.165, 1.54) is 12.1 Å². The first-order chi connectivity index (χ1) is 7.45. The molecule has 0 saturated carbocycles. The molecule has 0 saturated heterocycles. The van der Waals surface area contributed by atoms with Gasteiger partial charge in [0.1, 0.15) is 11.6 Å². The van der Waals surface area contributed by atoms with Gasteiger partial charge in [-0.3, -0.25) is 0 Å². The SMILES string of the molecule is CCC(C)(N)c1nc2ccc(F)cc2n1C. The molecule has 0 aliphatic rings. The van der Waals surface area contributed by atoms with Gasteiger partial charge in [-0.25, -0.2) is 9.37 Å². The number of fused-ring (bicyclic) bond motifs is 1. The molecule has 0 amide bonds. The van der Waals surface area contributed by atoms with E-state index in [9.17, 15) is 4.39 Å². The minimum atomic E-state index is -0.482. The average molecular weight is 221 g/mol. The summed E-state index contributed by atoms with van der Waals surface area (Å²) in [6, 6.07) is 4.58. The summed E-state index contributed by atoms with van der Waals surface area (Å²) in [6.45, 7) is 3.95. The van der Waals surface area contributed by atoms with Crippen LogP contribution < -0.4 is 5.73 Å². The molecule has 4 heteroatoms. The molecule has 0 bridgehead atoms. The number of imidazole rings is 1. The average Bonchev–Trinajstić information content (AvgIpc) is 2.57. The van der Waals surface area contributed by atoms with Crippen LogP contribution in [-0.4, -0.2) is 9.55 Å². The molecular formula is C12H16FN3. The van der Waals surface area contributed by atoms with E-state index in [4.69, 9.17) is 5.73 Å². The van der Waals surface area contributed by atoms with Crippen molar-refractivity contribution >= 4 is 11.0 Å². The second-order valence-electron chi connectivity index (χ2n) is 4.40. The van der Waals surface area contributed by atoms with E-state index < -0.39 is 5.54 Å². The number of hydrogen-bond donors (Lipinski definition) is 1. The highest BCUT2D eigenvalue weighted by molar-refractivity contribution is 5.76. The van der Waals surface area contributed by atoms with E-state index in [2.05, 4.69) is 4.98 Å². The van der Waals surface area contributed by atoms with Crippen LogP contribution in [0, 0.1) is 5.82 Å². The molecule has 0 aliphatic heterocycles. The molecule has 16 heavy (non-hydrogen) atoms. The molecule has 0 spiro atoms. The third-order valence-corrected chi connectivity index (χ3v) is 3.09. The van der Waals surface area contributed by atoms with E-state index in [0.29, 0.717) is 0 Å². The third-order valence-electron chi connectivity index (χ3n) is 3.09. The van der Waals surface area contributed by atoms with Crippen molar-refractivity contribution < 1.29 is 4.39 Å². The van der Waals surface area contributed by atoms with Gasteiger partial charge in [-0.05, 0) is 31.5 Å². The Kier molecular flexibility index (Phi) is 2.46. The fraction of sp³-hybridized carbons (Fsp3) is 0.417. The first-order valence-corrected chi connectivity index (χ1v) is 5.37. The normalized spacial score (nSPS) is 15.3. The fourth-order valence-corrected chi connectivity index (χ4v) is 1.83. The minimum absolute atomic E-state index is 0.253. The number of hydrogen-bond acceptors (Lipinski definition) is 2. The van der Waals surface area contributed by atoms with Crippen LogP contribution in [-0.2, 0) is 12.6 Å². The van der Waals surface area contributed by atoms with Crippen LogP contribution in [0.5, 0.6) is 0 Å². The summed E-state index contributed by atoms with van der Waals surface area (Å²) in [5.74, 6) is 0.535. The summed E-state index contributed by atoms with van der Waals surface area (Å²) in [4.78, 5) is 4.47. The van der Waals surface area contributed by atoms with E-state index in [-0.39, 0.29) is 5.82 Å². The summed E-state index contributed by atoms with van der Waals surface area (Å²) in [5.41, 5.74) is 7.24. The lowest BCUT2D eigenvalue weighted by Gasteiger charge is -2.21. The largest absolute Gasteiger partial charge is 0.329 e. The van der Waals surface area contributed by atoms with Crippen molar-refractivity contribution in [3.63, 3.8) is 0 Å². The van der Waals surface area contributed by atoms with Crippen LogP contribution in [0.4, 0.5) is 4.39 Å². The Morgan fingerprint density at radius 1 is 1.50 bits per heavy atom. The van der Waals surface area contributed by atoms with Crippen LogP contribution in [0.2, 0.25) is 0 Å². The Bertz CT molecular complexity index is 528. The Morgan fingerprint density at radius 2 is 2.19 bits per heavy atom. The van der Waals surface area contributed by atoms with Crippen LogP contribution >= 0.6 is 0 Å². The number of halogens is 1. The molecule has 0 fully saturated rings. The highest BCUT2D eigenvalue weighted by atomic mass is 19.1. The van der Waals surface area contributed by atoms with Gasteiger partial charge in [0.25, 0.3) is 0 Å². The van der Waals surface area contributed by atoms with Crippen molar-refractivity contribution in [3.8, 4) is 0 Å². The smallest absolute Gasteiger partial charge is 0.129 e. The van der Waals surface area contributed by atoms with Crippen molar-refractivity contribution in [3.05, 3.63) is 29.8 Å². The van der Waals surface area contributed by atoms with Gasteiger partial charge < -0.3 is 10.3 Å². The molecule has 1 aromatic carbocycles. The van der Waals surface area contributed by atoms with Crippen molar-refractivity contribution in [1.82, 2.24) is 9.55 Å². The molecule has 3 nitrogen and oxygen atoms in total. The summed E-state index contributed by atoms with van der Waals surface area (Å²) >= 11 is 0. The molecule has 2 aromatic rings. The molecule has 86 valence electrons. The number of aromatic nitrogens is 2. The Morgan fingerprint density at radius 3 is 2.81 bits per heavy atom. The van der Waals surface area contributed by atoms with Gasteiger partial charge in [-0.15, -0.1) is 0 Å². The third kappa shape index (κ3) is 1.59. The van der Waals surface area contributed by atoms with E-state index in [0.717, 1.165) is 23.3 Å². The maximum Gasteiger partial charge on any atom is 0.129 e. The van der Waals surface area contributed by atoms with E-state index >= 15 is 0 Å². The summed E-state index contributed by atoms with van der Waals surface area (Å²) in [7, 11) is 1.87. The summed E-state index contributed by atoms with van der Waals surface area (Å²) in [6.07, 6.45) is 0.784. The van der Waals surface area contributed by atoms with Crippen molar-refractivity contribution in [2.75, 3.05) is 0 Å². The summed E-state index contributed by atoms with van der Waals surface area (Å²) < 4.78 is 15.0. The molecule has 2 rings (SSSR count). The van der Waals surface area contributed by atoms with Crippen LogP contribution in [0.25, 0.3) is 11.0 Å². The predicted molar refractivity (Wildman–Crippen MR) is 62.5 cm³/mol. The van der Waals surface area contributed by atoms with Crippen molar-refractivity contribution in [2.45, 2.75) is 25.8 Å². The van der Waals surface area contributed by atoms with Gasteiger partial charge in [0.15, 0.2) is 0 Å². The van der Waals surface area contributed by atoms with Gasteiger partial charge in [-0.1, -0.05) is 6.92 Å². The Hall–Kier alpha value is -1.42. The van der Waals surface area contributed by atoms with Gasteiger partial charge in [0, 0.05) is 7.05 Å². The lowest BCUT2D eigenvalue weighted by atomic mass is 10.00. The number of nitrogens with two attached hydrogens (primary N) is 1. The molecule has 0 radical (unpaired) electrons. The highest BCUT2D eigenvalue weighted by Gasteiger charge is 2.25. The topological polar surface area (TPSA) is 43.8 Å². The first kappa shape index (κ1) is 11.1. The zero-order valence-electron chi connectivity index (χ0n) is 9.79. The van der Waals surface area contributed by atoms with Gasteiger partial charge in [0.05, 0.1) is 16.6 Å². The van der Waals surface area contributed by atoms with Crippen molar-refractivity contribution in [1.29, 1.82) is 0 Å². The number of benzene rings is 1. The van der Waals surface area contributed by atoms with Crippen LogP contribution in [0.1, 0.15) is 26.1 Å². The second kappa shape index (κ2) is 3.56. The lowest BCUT2D eigenvalue weighted by molar-refractivity contribution is 0.434. The predicted octanol–water partition coefficient (Wildman–Crippen LogP) is 2.30. The second-order valence-corrected chi connectivity index (χ2v) is 4.40. The fourth-order valence-electron chi connectivity index (χ4n) is 1.83. The van der Waals surface area contributed by atoms with Gasteiger partial charge >= 0.3 is 0 Å². The van der Waals surface area contributed by atoms with Crippen molar-refractivity contribution in [2.24, 2.45) is 12.8 Å². The maximum atomic E-state index is 13.1. The maximum absolute atomic E-state index is 13.1. The Balaban J connectivity index is 2.70. The molecule has 1 heterocycles. The monoisotopic (exact) mass is 221 g/mol. The van der Waals surface area contributed by atoms with Crippen LogP contribution in [0.15, 0.2) is 18.2 Å². The van der Waals surface area contributed by atoms with Crippen LogP contribution in [0.3, 0.4) is 0 Å². The minimum Gasteiger partial charge on any atom is -0.329 e. The van der Waals surface area contributed by atoms with Gasteiger partial charge in [0.2, 0.25) is 0 Å². The van der Waals surface area contributed by atoms with E-state index in [1.807, 2.05) is 25.5 Å². The molecule has 2 N–H and O–H groups in total. The Labute approximate surface area is 94.1 Å². The molecule has 0 aliphatic carbocycles. The standard InChI is InChI=1S/C12H16FN3/c1-4-12(2,14)11-15-9-6-5-8(13)7-10(9)16(11)3/h5-7H,4,14H2,1-3H3. The number of rotatable bonds is 2. The highest BCUT2D eigenvalue weighted by Crippen LogP contribution is 2.24. The van der Waals surface area contributed by atoms with E-state index in [1.54, 1.807) is 6.07 Å². The number of nitrogens with zero attached hydrogens (tertiary/aromatic N) is 2. The molecular weight excluding hydrogens is 205 g/mol. The zero-order valence-corrected chi connectivity index (χ0v) is 9.79.